The number of rotatable bonds is 10. The van der Waals surface area contributed by atoms with Gasteiger partial charge in [0.05, 0.1) is 54.6 Å². The summed E-state index contributed by atoms with van der Waals surface area (Å²) in [6, 6.07) is 10.6. The number of hydrogen-bond acceptors (Lipinski definition) is 22. The predicted octanol–water partition coefficient (Wildman–Crippen LogP) is 4.21. The van der Waals surface area contributed by atoms with Crippen LogP contribution in [0.2, 0.25) is 0 Å². The van der Waals surface area contributed by atoms with Gasteiger partial charge in [-0.15, -0.1) is 0 Å². The summed E-state index contributed by atoms with van der Waals surface area (Å²) in [6.45, 7) is 0. The molecule has 0 spiro atoms. The van der Waals surface area contributed by atoms with E-state index < -0.39 is 118 Å². The fourth-order valence-corrected chi connectivity index (χ4v) is 6.74. The normalized spacial score (nSPS) is 11.6. The van der Waals surface area contributed by atoms with E-state index >= 15 is 0 Å². The van der Waals surface area contributed by atoms with Gasteiger partial charge in [-0.1, -0.05) is 23.6 Å². The molecule has 0 saturated heterocycles. The van der Waals surface area contributed by atoms with E-state index in [2.05, 4.69) is 20.5 Å². The minimum atomic E-state index is -4.85. The van der Waals surface area contributed by atoms with E-state index in [1.807, 2.05) is 0 Å². The molecule has 1 radical (unpaired) electrons. The van der Waals surface area contributed by atoms with Crippen molar-refractivity contribution in [2.24, 2.45) is 20.5 Å². The third kappa shape index (κ3) is 10.1. The Balaban J connectivity index is 0.000000330. The van der Waals surface area contributed by atoms with E-state index in [1.165, 1.54) is 24.3 Å². The average molecular weight is 948 g/mol. The van der Waals surface area contributed by atoms with E-state index in [9.17, 15) is 86.8 Å². The molecule has 0 heterocycles. The van der Waals surface area contributed by atoms with Crippen LogP contribution >= 0.6 is 0 Å². The van der Waals surface area contributed by atoms with Crippen molar-refractivity contribution in [3.63, 3.8) is 0 Å². The standard InChI is InChI=1S/2C16H11N5O9S.Cr/c2*17-7-1-2-9-10(3-7)14(31(28,29)30)6-12(15(9)22)19-18-11-4-8(20(24)25)5-13(16(11)23)21(26)27;/h2*1-6,22-23H,17H2,(H,28,29,30);/q;;+3/p-3. The smallest absolute Gasteiger partial charge is 0.871 e. The van der Waals surface area contributed by atoms with Gasteiger partial charge in [0.25, 0.3) is 43.0 Å². The number of nitro benzene ring substituents is 4. The maximum atomic E-state index is 12.6. The number of nitrogens with zero attached hydrogens (tertiary/aromatic N) is 8. The van der Waals surface area contributed by atoms with Gasteiger partial charge < -0.3 is 31.9 Å². The number of fused-ring (bicyclic) bond motifs is 2. The van der Waals surface area contributed by atoms with Crippen LogP contribution in [0.1, 0.15) is 1.43 Å². The summed E-state index contributed by atoms with van der Waals surface area (Å²) in [6.07, 6.45) is 0. The fraction of sp³-hybridized carbons (Fsp3) is 0. The fourth-order valence-electron chi connectivity index (χ4n) is 5.33. The molecule has 6 aromatic rings. The van der Waals surface area contributed by atoms with Crippen molar-refractivity contribution < 1.29 is 84.8 Å². The second kappa shape index (κ2) is 17.8. The van der Waals surface area contributed by atoms with Gasteiger partial charge in [-0.25, -0.2) is 0 Å². The van der Waals surface area contributed by atoms with Gasteiger partial charge in [-0.3, -0.25) is 49.6 Å². The van der Waals surface area contributed by atoms with Crippen LogP contribution in [-0.4, -0.2) is 45.6 Å². The molecule has 63 heavy (non-hydrogen) atoms. The van der Waals surface area contributed by atoms with E-state index in [1.54, 1.807) is 0 Å². The summed E-state index contributed by atoms with van der Waals surface area (Å²) >= 11 is 0. The number of anilines is 2. The SMILES string of the molecule is Nc1ccc2c([O-])c(N=Nc3cc([N+](=O)[O-])cc([N+](=O)[O-])c3[O-])cc(S(=O)(=O)O)c2c1.Nc1ccc2c([O-])c(N=Nc3cc([N+](=O)[O-])cc([N+](=O)[O-])c3[O-])cc(S(=O)(=O)O)c2c1.[Cr+3].[H+]. The second-order valence-corrected chi connectivity index (χ2v) is 14.8. The molecule has 6 N–H and O–H groups in total. The van der Waals surface area contributed by atoms with Gasteiger partial charge in [0.2, 0.25) is 0 Å². The van der Waals surface area contributed by atoms with E-state index in [-0.39, 0.29) is 51.7 Å². The van der Waals surface area contributed by atoms with E-state index in [4.69, 9.17) is 11.5 Å². The Morgan fingerprint density at radius 3 is 1.03 bits per heavy atom. The van der Waals surface area contributed by atoms with Crippen molar-refractivity contribution in [3.8, 4) is 23.0 Å². The number of nitrogen functional groups attached to an aromatic ring is 2. The Kier molecular flexibility index (Phi) is 13.4. The average Bonchev–Trinajstić information content (AvgIpc) is 3.17. The number of nitrogens with two attached hydrogens (primary N) is 2. The molecular formula is C32H19CrN10O18S2. The Hall–Kier alpha value is -8.21. The van der Waals surface area contributed by atoms with Crippen molar-refractivity contribution >= 4 is 98.7 Å². The maximum absolute atomic E-state index is 12.6. The van der Waals surface area contributed by atoms with Gasteiger partial charge in [-0.2, -0.15) is 37.3 Å². The summed E-state index contributed by atoms with van der Waals surface area (Å²) in [5.74, 6) is -4.34. The third-order valence-corrected chi connectivity index (χ3v) is 9.87. The quantitative estimate of drug-likeness (QED) is 0.0491. The molecule has 0 aliphatic heterocycles. The molecule has 0 aliphatic rings. The zero-order valence-corrected chi connectivity index (χ0v) is 33.2. The Morgan fingerprint density at radius 2 is 0.762 bits per heavy atom. The molecule has 0 bridgehead atoms. The van der Waals surface area contributed by atoms with Crippen molar-refractivity contribution in [3.05, 3.63) is 113 Å². The van der Waals surface area contributed by atoms with Gasteiger partial charge in [0.1, 0.15) is 9.79 Å². The maximum Gasteiger partial charge on any atom is 3.00 e. The first-order valence-electron chi connectivity index (χ1n) is 15.9. The summed E-state index contributed by atoms with van der Waals surface area (Å²) in [5.41, 5.74) is 4.49. The van der Waals surface area contributed by atoms with Crippen molar-refractivity contribution in [1.29, 1.82) is 0 Å². The first-order chi connectivity index (χ1) is 28.8. The number of nitro groups is 4. The van der Waals surface area contributed by atoms with Crippen molar-refractivity contribution in [2.45, 2.75) is 9.79 Å². The van der Waals surface area contributed by atoms with Crippen LogP contribution < -0.4 is 31.9 Å². The van der Waals surface area contributed by atoms with Crippen LogP contribution in [0.4, 0.5) is 56.9 Å². The van der Waals surface area contributed by atoms with Gasteiger partial charge in [0.15, 0.2) is 0 Å². The van der Waals surface area contributed by atoms with Gasteiger partial charge >= 0.3 is 18.8 Å². The van der Waals surface area contributed by atoms with E-state index in [0.717, 1.165) is 12.1 Å². The molecular weight excluding hydrogens is 929 g/mol. The predicted molar refractivity (Wildman–Crippen MR) is 203 cm³/mol. The van der Waals surface area contributed by atoms with Crippen molar-refractivity contribution in [2.75, 3.05) is 11.5 Å². The number of azo groups is 2. The largest absolute Gasteiger partial charge is 3.00 e. The molecule has 0 aromatic heterocycles. The van der Waals surface area contributed by atoms with Crippen LogP contribution in [0.5, 0.6) is 23.0 Å². The zero-order chi connectivity index (χ0) is 46.2. The van der Waals surface area contributed by atoms with Crippen LogP contribution in [-0.2, 0) is 37.6 Å². The molecule has 0 aliphatic carbocycles. The molecule has 0 atom stereocenters. The van der Waals surface area contributed by atoms with Crippen molar-refractivity contribution in [1.82, 2.24) is 0 Å². The zero-order valence-electron chi connectivity index (χ0n) is 31.3. The van der Waals surface area contributed by atoms with Crippen LogP contribution in [0.25, 0.3) is 21.5 Å². The minimum absolute atomic E-state index is 0. The molecule has 0 amide bonds. The number of non-ortho nitro benzene ring substituents is 2. The minimum Gasteiger partial charge on any atom is -0.871 e. The Morgan fingerprint density at radius 1 is 0.460 bits per heavy atom. The summed E-state index contributed by atoms with van der Waals surface area (Å²) in [7, 11) is -9.70. The van der Waals surface area contributed by atoms with Crippen LogP contribution in [0, 0.1) is 40.5 Å². The summed E-state index contributed by atoms with van der Waals surface area (Å²) < 4.78 is 65.9. The molecule has 0 unspecified atom stereocenters. The van der Waals surface area contributed by atoms with Crippen LogP contribution in [0.3, 0.4) is 0 Å². The van der Waals surface area contributed by atoms with Gasteiger partial charge in [0, 0.05) is 45.8 Å². The number of hydrogen-bond donors (Lipinski definition) is 4. The summed E-state index contributed by atoms with van der Waals surface area (Å²) in [4.78, 5) is 38.1. The molecule has 0 saturated carbocycles. The van der Waals surface area contributed by atoms with E-state index in [0.29, 0.717) is 36.4 Å². The molecule has 0 fully saturated rings. The Bertz CT molecular complexity index is 3030. The Labute approximate surface area is 360 Å². The molecule has 31 heteroatoms. The molecule has 6 aromatic carbocycles. The monoisotopic (exact) mass is 947 g/mol. The number of benzene rings is 6. The summed E-state index contributed by atoms with van der Waals surface area (Å²) in [5, 5.41) is 106. The molecule has 323 valence electrons. The second-order valence-electron chi connectivity index (χ2n) is 12.1. The topological polar surface area (TPSA) is 475 Å². The first kappa shape index (κ1) is 47.5. The molecule has 6 rings (SSSR count). The van der Waals surface area contributed by atoms with Gasteiger partial charge in [-0.05, 0) is 47.2 Å². The molecule has 28 nitrogen and oxygen atoms in total. The van der Waals surface area contributed by atoms with Crippen LogP contribution in [0.15, 0.2) is 103 Å². The first-order valence-corrected chi connectivity index (χ1v) is 18.8. The third-order valence-electron chi connectivity index (χ3n) is 8.08.